The Hall–Kier alpha value is -1.94. The minimum atomic E-state index is -0.463. The normalized spacial score (nSPS) is 16.4. The quantitative estimate of drug-likeness (QED) is 0.862. The minimum absolute atomic E-state index is 0.134. The largest absolute Gasteiger partial charge is 0.388 e. The molecule has 4 nitrogen and oxygen atoms in total. The standard InChI is InChI=1S/C17H21NO3/c1-13(20)18-10-8-15(9-11-18)17-5-3-2-4-14(17)6-7-16(21)12-19/h2-7,15,19H,8-12H2,1H3/b7-6+. The van der Waals surface area contributed by atoms with Crippen LogP contribution in [0.1, 0.15) is 36.8 Å². The summed E-state index contributed by atoms with van der Waals surface area (Å²) in [5.41, 5.74) is 2.23. The molecule has 0 saturated carbocycles. The Morgan fingerprint density at radius 1 is 1.29 bits per heavy atom. The van der Waals surface area contributed by atoms with Gasteiger partial charge in [0.25, 0.3) is 0 Å². The van der Waals surface area contributed by atoms with Crippen LogP contribution in [0.15, 0.2) is 30.3 Å². The second-order valence-corrected chi connectivity index (χ2v) is 5.37. The predicted molar refractivity (Wildman–Crippen MR) is 81.8 cm³/mol. The van der Waals surface area contributed by atoms with Crippen molar-refractivity contribution in [2.75, 3.05) is 19.7 Å². The Bertz CT molecular complexity index is 543. The van der Waals surface area contributed by atoms with Gasteiger partial charge in [-0.15, -0.1) is 0 Å². The fourth-order valence-electron chi connectivity index (χ4n) is 2.78. The van der Waals surface area contributed by atoms with Crippen molar-refractivity contribution in [2.24, 2.45) is 0 Å². The first-order valence-corrected chi connectivity index (χ1v) is 7.28. The number of aliphatic hydroxyl groups is 1. The van der Waals surface area contributed by atoms with Gasteiger partial charge in [0, 0.05) is 20.0 Å². The molecule has 21 heavy (non-hydrogen) atoms. The molecule has 1 fully saturated rings. The van der Waals surface area contributed by atoms with Gasteiger partial charge in [-0.2, -0.15) is 0 Å². The van der Waals surface area contributed by atoms with E-state index in [4.69, 9.17) is 5.11 Å². The number of amides is 1. The maximum absolute atomic E-state index is 11.4. The van der Waals surface area contributed by atoms with Crippen LogP contribution in [0.25, 0.3) is 6.08 Å². The highest BCUT2D eigenvalue weighted by Crippen LogP contribution is 2.30. The highest BCUT2D eigenvalue weighted by molar-refractivity contribution is 5.94. The van der Waals surface area contributed by atoms with E-state index in [0.29, 0.717) is 5.92 Å². The first-order chi connectivity index (χ1) is 10.1. The summed E-state index contributed by atoms with van der Waals surface area (Å²) in [4.78, 5) is 24.5. The summed E-state index contributed by atoms with van der Waals surface area (Å²) in [7, 11) is 0. The molecule has 0 unspecified atom stereocenters. The zero-order valence-corrected chi connectivity index (χ0v) is 12.3. The summed E-state index contributed by atoms with van der Waals surface area (Å²) in [5.74, 6) is 0.247. The van der Waals surface area contributed by atoms with Crippen LogP contribution < -0.4 is 0 Å². The number of ketones is 1. The second kappa shape index (κ2) is 7.18. The molecule has 0 bridgehead atoms. The third-order valence-electron chi connectivity index (χ3n) is 3.98. The molecular weight excluding hydrogens is 266 g/mol. The lowest BCUT2D eigenvalue weighted by Crippen LogP contribution is -2.36. The third kappa shape index (κ3) is 4.02. The summed E-state index contributed by atoms with van der Waals surface area (Å²) in [6, 6.07) is 8.00. The zero-order chi connectivity index (χ0) is 15.2. The van der Waals surface area contributed by atoms with Gasteiger partial charge in [0.2, 0.25) is 5.91 Å². The Balaban J connectivity index is 2.12. The summed E-state index contributed by atoms with van der Waals surface area (Å²) in [6.07, 6.45) is 5.07. The van der Waals surface area contributed by atoms with Crippen molar-refractivity contribution in [1.82, 2.24) is 4.90 Å². The van der Waals surface area contributed by atoms with E-state index >= 15 is 0 Å². The number of nitrogens with zero attached hydrogens (tertiary/aromatic N) is 1. The molecule has 0 radical (unpaired) electrons. The lowest BCUT2D eigenvalue weighted by atomic mass is 9.86. The number of carbonyl (C=O) groups is 2. The molecule has 0 atom stereocenters. The van der Waals surface area contributed by atoms with E-state index in [2.05, 4.69) is 6.07 Å². The summed E-state index contributed by atoms with van der Waals surface area (Å²) < 4.78 is 0. The van der Waals surface area contributed by atoms with Crippen molar-refractivity contribution in [2.45, 2.75) is 25.7 Å². The maximum atomic E-state index is 11.4. The van der Waals surface area contributed by atoms with Crippen LogP contribution in [0.3, 0.4) is 0 Å². The lowest BCUT2D eigenvalue weighted by Gasteiger charge is -2.32. The van der Waals surface area contributed by atoms with E-state index in [-0.39, 0.29) is 11.7 Å². The molecule has 1 amide bonds. The molecule has 112 valence electrons. The van der Waals surface area contributed by atoms with Crippen molar-refractivity contribution >= 4 is 17.8 Å². The SMILES string of the molecule is CC(=O)N1CCC(c2ccccc2/C=C/C(=O)CO)CC1. The Morgan fingerprint density at radius 2 is 1.95 bits per heavy atom. The van der Waals surface area contributed by atoms with Crippen LogP contribution in [-0.4, -0.2) is 41.4 Å². The van der Waals surface area contributed by atoms with Crippen LogP contribution in [0.4, 0.5) is 0 Å². The van der Waals surface area contributed by atoms with E-state index in [9.17, 15) is 9.59 Å². The summed E-state index contributed by atoms with van der Waals surface area (Å²) in [6.45, 7) is 2.72. The Labute approximate surface area is 125 Å². The van der Waals surface area contributed by atoms with Crippen molar-refractivity contribution in [3.63, 3.8) is 0 Å². The molecule has 1 aromatic rings. The van der Waals surface area contributed by atoms with E-state index in [1.54, 1.807) is 13.0 Å². The fourth-order valence-corrected chi connectivity index (χ4v) is 2.78. The number of hydrogen-bond donors (Lipinski definition) is 1. The molecule has 1 aromatic carbocycles. The van der Waals surface area contributed by atoms with Gasteiger partial charge in [0.15, 0.2) is 5.78 Å². The van der Waals surface area contributed by atoms with E-state index in [1.165, 1.54) is 11.6 Å². The molecular formula is C17H21NO3. The number of piperidine rings is 1. The topological polar surface area (TPSA) is 57.6 Å². The van der Waals surface area contributed by atoms with Crippen LogP contribution in [0.2, 0.25) is 0 Å². The molecule has 1 N–H and O–H groups in total. The predicted octanol–water partition coefficient (Wildman–Crippen LogP) is 1.99. The molecule has 0 aliphatic carbocycles. The highest BCUT2D eigenvalue weighted by atomic mass is 16.3. The second-order valence-electron chi connectivity index (χ2n) is 5.37. The van der Waals surface area contributed by atoms with Crippen LogP contribution in [0.5, 0.6) is 0 Å². The molecule has 1 heterocycles. The molecule has 2 rings (SSSR count). The molecule has 0 aromatic heterocycles. The highest BCUT2D eigenvalue weighted by Gasteiger charge is 2.22. The van der Waals surface area contributed by atoms with E-state index in [1.807, 2.05) is 23.1 Å². The lowest BCUT2D eigenvalue weighted by molar-refractivity contribution is -0.129. The van der Waals surface area contributed by atoms with Gasteiger partial charge in [0.1, 0.15) is 6.61 Å². The van der Waals surface area contributed by atoms with Gasteiger partial charge in [-0.1, -0.05) is 30.3 Å². The number of hydrogen-bond acceptors (Lipinski definition) is 3. The monoisotopic (exact) mass is 287 g/mol. The van der Waals surface area contributed by atoms with Crippen LogP contribution in [-0.2, 0) is 9.59 Å². The van der Waals surface area contributed by atoms with Crippen molar-refractivity contribution in [3.05, 3.63) is 41.5 Å². The first-order valence-electron chi connectivity index (χ1n) is 7.28. The van der Waals surface area contributed by atoms with Gasteiger partial charge in [-0.25, -0.2) is 0 Å². The number of rotatable bonds is 4. The molecule has 0 spiro atoms. The number of benzene rings is 1. The van der Waals surface area contributed by atoms with Crippen LogP contribution in [0, 0.1) is 0 Å². The van der Waals surface area contributed by atoms with Gasteiger partial charge in [-0.3, -0.25) is 9.59 Å². The minimum Gasteiger partial charge on any atom is -0.388 e. The van der Waals surface area contributed by atoms with E-state index in [0.717, 1.165) is 31.5 Å². The van der Waals surface area contributed by atoms with E-state index < -0.39 is 6.61 Å². The van der Waals surface area contributed by atoms with Crippen molar-refractivity contribution in [1.29, 1.82) is 0 Å². The molecule has 4 heteroatoms. The first kappa shape index (κ1) is 15.4. The third-order valence-corrected chi connectivity index (χ3v) is 3.98. The summed E-state index contributed by atoms with van der Waals surface area (Å²) in [5, 5.41) is 8.77. The molecule has 1 saturated heterocycles. The molecule has 1 aliphatic rings. The Kier molecular flexibility index (Phi) is 5.28. The number of carbonyl (C=O) groups excluding carboxylic acids is 2. The van der Waals surface area contributed by atoms with Crippen LogP contribution >= 0.6 is 0 Å². The smallest absolute Gasteiger partial charge is 0.219 e. The van der Waals surface area contributed by atoms with Crippen molar-refractivity contribution < 1.29 is 14.7 Å². The number of likely N-dealkylation sites (tertiary alicyclic amines) is 1. The van der Waals surface area contributed by atoms with Gasteiger partial charge >= 0.3 is 0 Å². The fraction of sp³-hybridized carbons (Fsp3) is 0.412. The van der Waals surface area contributed by atoms with Gasteiger partial charge < -0.3 is 10.0 Å². The van der Waals surface area contributed by atoms with Gasteiger partial charge in [-0.05, 0) is 36.0 Å². The zero-order valence-electron chi connectivity index (χ0n) is 12.3. The average molecular weight is 287 g/mol. The maximum Gasteiger partial charge on any atom is 0.219 e. The Morgan fingerprint density at radius 3 is 2.57 bits per heavy atom. The average Bonchev–Trinajstić information content (AvgIpc) is 2.53. The summed E-state index contributed by atoms with van der Waals surface area (Å²) >= 11 is 0. The molecule has 1 aliphatic heterocycles. The van der Waals surface area contributed by atoms with Gasteiger partial charge in [0.05, 0.1) is 0 Å². The van der Waals surface area contributed by atoms with Crippen molar-refractivity contribution in [3.8, 4) is 0 Å². The number of aliphatic hydroxyl groups excluding tert-OH is 1.